The highest BCUT2D eigenvalue weighted by atomic mass is 16.5. The van der Waals surface area contributed by atoms with Gasteiger partial charge in [-0.15, -0.1) is 0 Å². The van der Waals surface area contributed by atoms with Crippen LogP contribution < -0.4 is 0 Å². The van der Waals surface area contributed by atoms with Gasteiger partial charge in [-0.3, -0.25) is 0 Å². The molecule has 0 aliphatic carbocycles. The summed E-state index contributed by atoms with van der Waals surface area (Å²) in [5, 5.41) is 8.26. The number of unbranched alkanes of at least 4 members (excludes halogenated alkanes) is 1. The Morgan fingerprint density at radius 2 is 2.18 bits per heavy atom. The van der Waals surface area contributed by atoms with Gasteiger partial charge in [0.2, 0.25) is 0 Å². The Labute approximate surface area is 69.2 Å². The predicted octanol–water partition coefficient (Wildman–Crippen LogP) is 2.50. The molecule has 2 nitrogen and oxygen atoms in total. The van der Waals surface area contributed by atoms with Crippen LogP contribution in [0.5, 0.6) is 0 Å². The number of hydrogen-bond donors (Lipinski definition) is 0. The Kier molecular flexibility index (Phi) is 7.18. The van der Waals surface area contributed by atoms with Crippen LogP contribution >= 0.6 is 0 Å². The van der Waals surface area contributed by atoms with Crippen LogP contribution in [0.4, 0.5) is 0 Å². The first-order chi connectivity index (χ1) is 5.35. The molecular weight excluding hydrogens is 138 g/mol. The number of hydrogen-bond acceptors (Lipinski definition) is 2. The van der Waals surface area contributed by atoms with Crippen LogP contribution in [0.15, 0.2) is 0 Å². The maximum Gasteiger partial charge on any atom is 0.134 e. The highest BCUT2D eigenvalue weighted by molar-refractivity contribution is 4.68. The van der Waals surface area contributed by atoms with Crippen LogP contribution in [0, 0.1) is 11.3 Å². The fraction of sp³-hybridized carbons (Fsp3) is 0.889. The molecule has 0 aromatic rings. The highest BCUT2D eigenvalue weighted by Crippen LogP contribution is 2.07. The van der Waals surface area contributed by atoms with Gasteiger partial charge in [-0.05, 0) is 12.8 Å². The molecule has 0 saturated heterocycles. The second kappa shape index (κ2) is 7.56. The first-order valence-corrected chi connectivity index (χ1v) is 4.33. The van der Waals surface area contributed by atoms with Gasteiger partial charge in [0.25, 0.3) is 0 Å². The van der Waals surface area contributed by atoms with Gasteiger partial charge in [0, 0.05) is 0 Å². The maximum atomic E-state index is 8.26. The number of nitriles is 1. The molecule has 0 saturated carbocycles. The third-order valence-electron chi connectivity index (χ3n) is 1.72. The number of rotatable bonds is 6. The molecule has 0 aliphatic rings. The van der Waals surface area contributed by atoms with Gasteiger partial charge in [-0.2, -0.15) is 5.26 Å². The Bertz CT molecular complexity index is 117. The number of ether oxygens (including phenoxy) is 1. The summed E-state index contributed by atoms with van der Waals surface area (Å²) in [6.07, 6.45) is 4.81. The van der Waals surface area contributed by atoms with E-state index >= 15 is 0 Å². The molecule has 11 heavy (non-hydrogen) atoms. The SMILES string of the molecule is CCCCC(CC)OCC#N. The summed E-state index contributed by atoms with van der Waals surface area (Å²) in [6.45, 7) is 4.50. The van der Waals surface area contributed by atoms with E-state index in [1.165, 1.54) is 12.8 Å². The molecule has 0 fully saturated rings. The quantitative estimate of drug-likeness (QED) is 0.590. The van der Waals surface area contributed by atoms with Crippen molar-refractivity contribution in [3.05, 3.63) is 0 Å². The lowest BCUT2D eigenvalue weighted by atomic mass is 10.1. The van der Waals surface area contributed by atoms with E-state index in [4.69, 9.17) is 10.00 Å². The Hall–Kier alpha value is -0.550. The maximum absolute atomic E-state index is 8.26. The molecule has 0 radical (unpaired) electrons. The lowest BCUT2D eigenvalue weighted by Crippen LogP contribution is -2.11. The zero-order valence-corrected chi connectivity index (χ0v) is 7.47. The minimum absolute atomic E-state index is 0.238. The smallest absolute Gasteiger partial charge is 0.134 e. The molecular formula is C9H17NO. The summed E-state index contributed by atoms with van der Waals surface area (Å²) in [7, 11) is 0. The van der Waals surface area contributed by atoms with E-state index in [2.05, 4.69) is 13.8 Å². The van der Waals surface area contributed by atoms with Gasteiger partial charge in [-0.25, -0.2) is 0 Å². The minimum Gasteiger partial charge on any atom is -0.363 e. The number of nitrogens with zero attached hydrogens (tertiary/aromatic N) is 1. The van der Waals surface area contributed by atoms with Gasteiger partial charge < -0.3 is 4.74 Å². The Balaban J connectivity index is 3.34. The summed E-state index contributed by atoms with van der Waals surface area (Å²) in [5.41, 5.74) is 0. The molecule has 1 atom stereocenters. The highest BCUT2D eigenvalue weighted by Gasteiger charge is 2.03. The lowest BCUT2D eigenvalue weighted by molar-refractivity contribution is 0.0661. The third-order valence-corrected chi connectivity index (χ3v) is 1.72. The fourth-order valence-electron chi connectivity index (χ4n) is 0.992. The van der Waals surface area contributed by atoms with Gasteiger partial charge in [0.05, 0.1) is 12.2 Å². The standard InChI is InChI=1S/C9H17NO/c1-3-5-6-9(4-2)11-8-7-10/h9H,3-6,8H2,1-2H3. The first kappa shape index (κ1) is 10.4. The molecule has 0 aliphatic heterocycles. The van der Waals surface area contributed by atoms with E-state index in [1.54, 1.807) is 0 Å². The zero-order chi connectivity index (χ0) is 8.53. The summed E-state index contributed by atoms with van der Waals surface area (Å²) >= 11 is 0. The van der Waals surface area contributed by atoms with Crippen molar-refractivity contribution in [2.24, 2.45) is 0 Å². The van der Waals surface area contributed by atoms with Crippen LogP contribution in [0.2, 0.25) is 0 Å². The van der Waals surface area contributed by atoms with Crippen molar-refractivity contribution in [2.45, 2.75) is 45.6 Å². The molecule has 0 aromatic carbocycles. The van der Waals surface area contributed by atoms with Crippen LogP contribution in [-0.4, -0.2) is 12.7 Å². The molecule has 1 unspecified atom stereocenters. The summed E-state index contributed by atoms with van der Waals surface area (Å²) in [5.74, 6) is 0. The van der Waals surface area contributed by atoms with Crippen molar-refractivity contribution < 1.29 is 4.74 Å². The van der Waals surface area contributed by atoms with Crippen molar-refractivity contribution in [1.29, 1.82) is 5.26 Å². The molecule has 0 aromatic heterocycles. The van der Waals surface area contributed by atoms with Crippen molar-refractivity contribution >= 4 is 0 Å². The van der Waals surface area contributed by atoms with Crippen LogP contribution in [0.25, 0.3) is 0 Å². The first-order valence-electron chi connectivity index (χ1n) is 4.33. The average Bonchev–Trinajstić information content (AvgIpc) is 2.05. The molecule has 64 valence electrons. The van der Waals surface area contributed by atoms with Crippen molar-refractivity contribution in [2.75, 3.05) is 6.61 Å². The lowest BCUT2D eigenvalue weighted by Gasteiger charge is -2.12. The van der Waals surface area contributed by atoms with E-state index in [0.717, 1.165) is 12.8 Å². The third kappa shape index (κ3) is 5.87. The van der Waals surface area contributed by atoms with Gasteiger partial charge in [0.15, 0.2) is 0 Å². The van der Waals surface area contributed by atoms with E-state index in [-0.39, 0.29) is 6.61 Å². The fourth-order valence-corrected chi connectivity index (χ4v) is 0.992. The van der Waals surface area contributed by atoms with E-state index in [0.29, 0.717) is 6.10 Å². The van der Waals surface area contributed by atoms with Crippen molar-refractivity contribution in [3.8, 4) is 6.07 Å². The van der Waals surface area contributed by atoms with Crippen molar-refractivity contribution in [3.63, 3.8) is 0 Å². The largest absolute Gasteiger partial charge is 0.363 e. The van der Waals surface area contributed by atoms with Gasteiger partial charge >= 0.3 is 0 Å². The monoisotopic (exact) mass is 155 g/mol. The van der Waals surface area contributed by atoms with E-state index < -0.39 is 0 Å². The Morgan fingerprint density at radius 3 is 2.64 bits per heavy atom. The molecule has 0 bridgehead atoms. The van der Waals surface area contributed by atoms with Crippen LogP contribution in [0.1, 0.15) is 39.5 Å². The van der Waals surface area contributed by atoms with Gasteiger partial charge in [0.1, 0.15) is 6.61 Å². The summed E-state index contributed by atoms with van der Waals surface area (Å²) < 4.78 is 5.28. The van der Waals surface area contributed by atoms with Crippen molar-refractivity contribution in [1.82, 2.24) is 0 Å². The Morgan fingerprint density at radius 1 is 1.45 bits per heavy atom. The van der Waals surface area contributed by atoms with Gasteiger partial charge in [-0.1, -0.05) is 26.7 Å². The minimum atomic E-state index is 0.238. The molecule has 0 N–H and O–H groups in total. The molecule has 0 amide bonds. The summed E-state index contributed by atoms with van der Waals surface area (Å²) in [4.78, 5) is 0. The average molecular weight is 155 g/mol. The second-order valence-electron chi connectivity index (χ2n) is 2.64. The summed E-state index contributed by atoms with van der Waals surface area (Å²) in [6, 6.07) is 1.99. The van der Waals surface area contributed by atoms with Crippen LogP contribution in [0.3, 0.4) is 0 Å². The predicted molar refractivity (Wildman–Crippen MR) is 45.2 cm³/mol. The molecule has 0 heterocycles. The van der Waals surface area contributed by atoms with E-state index in [1.807, 2.05) is 6.07 Å². The molecule has 2 heteroatoms. The molecule has 0 rings (SSSR count). The second-order valence-corrected chi connectivity index (χ2v) is 2.64. The topological polar surface area (TPSA) is 33.0 Å². The van der Waals surface area contributed by atoms with E-state index in [9.17, 15) is 0 Å². The zero-order valence-electron chi connectivity index (χ0n) is 7.47. The normalized spacial score (nSPS) is 12.5. The van der Waals surface area contributed by atoms with Crippen LogP contribution in [-0.2, 0) is 4.74 Å². The molecule has 0 spiro atoms.